The first-order valence-corrected chi connectivity index (χ1v) is 11.8. The van der Waals surface area contributed by atoms with Gasteiger partial charge in [0.1, 0.15) is 17.8 Å². The number of fused-ring (bicyclic) bond motifs is 1. The van der Waals surface area contributed by atoms with Crippen LogP contribution in [0.1, 0.15) is 50.6 Å². The van der Waals surface area contributed by atoms with Crippen LogP contribution in [0, 0.1) is 0 Å². The fourth-order valence-electron chi connectivity index (χ4n) is 4.64. The van der Waals surface area contributed by atoms with Crippen LogP contribution >= 0.6 is 0 Å². The van der Waals surface area contributed by atoms with Crippen molar-refractivity contribution in [1.82, 2.24) is 15.3 Å². The molecule has 2 atom stereocenters. The first-order valence-electron chi connectivity index (χ1n) is 11.8. The fraction of sp³-hybridized carbons (Fsp3) is 0.259. The minimum absolute atomic E-state index is 0.111. The summed E-state index contributed by atoms with van der Waals surface area (Å²) in [4.78, 5) is 60.4. The van der Waals surface area contributed by atoms with E-state index < -0.39 is 18.1 Å². The molecule has 2 aromatic heterocycles. The van der Waals surface area contributed by atoms with Gasteiger partial charge in [0.15, 0.2) is 5.78 Å². The Labute approximate surface area is 207 Å². The van der Waals surface area contributed by atoms with E-state index in [4.69, 9.17) is 4.74 Å². The van der Waals surface area contributed by atoms with Crippen molar-refractivity contribution in [2.75, 3.05) is 18.0 Å². The number of rotatable bonds is 6. The lowest BCUT2D eigenvalue weighted by atomic mass is 9.85. The second-order valence-corrected chi connectivity index (χ2v) is 8.81. The van der Waals surface area contributed by atoms with Gasteiger partial charge < -0.3 is 10.1 Å². The van der Waals surface area contributed by atoms with Gasteiger partial charge in [0, 0.05) is 42.5 Å². The Bertz CT molecular complexity index is 1310. The monoisotopic (exact) mass is 484 g/mol. The van der Waals surface area contributed by atoms with E-state index in [1.165, 1.54) is 17.3 Å². The molecule has 0 spiro atoms. The molecule has 2 aliphatic rings. The molecule has 36 heavy (non-hydrogen) atoms. The van der Waals surface area contributed by atoms with Crippen LogP contribution in [0.5, 0.6) is 0 Å². The lowest BCUT2D eigenvalue weighted by Crippen LogP contribution is -2.34. The molecule has 9 heteroatoms. The lowest BCUT2D eigenvalue weighted by molar-refractivity contribution is -0.119. The number of carbonyl (C=O) groups excluding carboxylic acids is 4. The van der Waals surface area contributed by atoms with Crippen molar-refractivity contribution < 1.29 is 23.9 Å². The van der Waals surface area contributed by atoms with Crippen LogP contribution in [0.2, 0.25) is 0 Å². The quantitative estimate of drug-likeness (QED) is 0.324. The van der Waals surface area contributed by atoms with Crippen molar-refractivity contribution in [1.29, 1.82) is 0 Å². The Morgan fingerprint density at radius 3 is 2.47 bits per heavy atom. The second kappa shape index (κ2) is 10.1. The number of hydrogen-bond donors (Lipinski definition) is 1. The van der Waals surface area contributed by atoms with Gasteiger partial charge in [-0.25, -0.2) is 4.79 Å². The Morgan fingerprint density at radius 1 is 1.00 bits per heavy atom. The van der Waals surface area contributed by atoms with E-state index >= 15 is 0 Å². The van der Waals surface area contributed by atoms with E-state index in [1.807, 2.05) is 6.07 Å². The number of benzene rings is 1. The molecule has 2 amide bonds. The average Bonchev–Trinajstić information content (AvgIpc) is 3.20. The molecule has 1 unspecified atom stereocenters. The van der Waals surface area contributed by atoms with Gasteiger partial charge in [-0.05, 0) is 60.4 Å². The summed E-state index contributed by atoms with van der Waals surface area (Å²) in [6.07, 6.45) is 6.64. The summed E-state index contributed by atoms with van der Waals surface area (Å²) in [6, 6.07) is 12.0. The lowest BCUT2D eigenvalue weighted by Gasteiger charge is -2.19. The topological polar surface area (TPSA) is 119 Å². The number of ether oxygens (including phenoxy) is 1. The van der Waals surface area contributed by atoms with Crippen LogP contribution in [0.15, 0.2) is 67.3 Å². The summed E-state index contributed by atoms with van der Waals surface area (Å²) in [5.41, 5.74) is 2.98. The Balaban J connectivity index is 1.32. The molecule has 1 fully saturated rings. The minimum Gasteiger partial charge on any atom is -0.442 e. The number of ketones is 2. The maximum absolute atomic E-state index is 13.2. The smallest absolute Gasteiger partial charge is 0.414 e. The van der Waals surface area contributed by atoms with Crippen molar-refractivity contribution in [2.24, 2.45) is 0 Å². The highest BCUT2D eigenvalue weighted by atomic mass is 16.6. The van der Waals surface area contributed by atoms with Crippen LogP contribution < -0.4 is 10.2 Å². The molecule has 0 saturated carbocycles. The van der Waals surface area contributed by atoms with Gasteiger partial charge in [0.25, 0.3) is 5.91 Å². The number of carbonyl (C=O) groups is 4. The zero-order chi connectivity index (χ0) is 25.1. The normalized spacial score (nSPS) is 19.3. The second-order valence-electron chi connectivity index (χ2n) is 8.81. The predicted octanol–water partition coefficient (Wildman–Crippen LogP) is 3.10. The van der Waals surface area contributed by atoms with E-state index in [2.05, 4.69) is 15.3 Å². The molecule has 1 N–H and O–H groups in total. The van der Waals surface area contributed by atoms with Crippen molar-refractivity contribution in [3.63, 3.8) is 0 Å². The van der Waals surface area contributed by atoms with Gasteiger partial charge >= 0.3 is 6.09 Å². The van der Waals surface area contributed by atoms with Gasteiger partial charge in [0.2, 0.25) is 0 Å². The summed E-state index contributed by atoms with van der Waals surface area (Å²) in [5, 5.41) is 2.77. The van der Waals surface area contributed by atoms with Crippen molar-refractivity contribution in [2.45, 2.75) is 31.3 Å². The first kappa shape index (κ1) is 23.3. The molecule has 3 aromatic rings. The van der Waals surface area contributed by atoms with Crippen molar-refractivity contribution in [3.05, 3.63) is 89.5 Å². The number of amides is 2. The fourth-order valence-corrected chi connectivity index (χ4v) is 4.64. The minimum atomic E-state index is -0.887. The molecular formula is C27H24N4O5. The van der Waals surface area contributed by atoms with Crippen LogP contribution in [-0.4, -0.2) is 52.7 Å². The number of nitrogens with one attached hydrogen (secondary N) is 1. The molecule has 3 heterocycles. The number of hydrogen-bond acceptors (Lipinski definition) is 7. The van der Waals surface area contributed by atoms with Gasteiger partial charge in [-0.3, -0.25) is 29.3 Å². The van der Waals surface area contributed by atoms with Gasteiger partial charge in [-0.1, -0.05) is 6.07 Å². The van der Waals surface area contributed by atoms with E-state index in [0.29, 0.717) is 41.6 Å². The number of Topliss-reactive ketones (excluding diaryl/α,β-unsaturated/α-hetero) is 2. The van der Waals surface area contributed by atoms with E-state index in [1.54, 1.807) is 48.8 Å². The molecule has 0 radical (unpaired) electrons. The van der Waals surface area contributed by atoms with E-state index in [9.17, 15) is 19.2 Å². The maximum atomic E-state index is 13.2. The third kappa shape index (κ3) is 4.72. The molecule has 0 bridgehead atoms. The van der Waals surface area contributed by atoms with Crippen LogP contribution in [0.25, 0.3) is 0 Å². The highest BCUT2D eigenvalue weighted by molar-refractivity contribution is 6.15. The first-order chi connectivity index (χ1) is 17.5. The highest BCUT2D eigenvalue weighted by Crippen LogP contribution is 2.34. The molecule has 5 rings (SSSR count). The number of pyridine rings is 2. The zero-order valence-electron chi connectivity index (χ0n) is 19.4. The Morgan fingerprint density at radius 2 is 1.75 bits per heavy atom. The van der Waals surface area contributed by atoms with E-state index in [-0.39, 0.29) is 30.6 Å². The number of anilines is 1. The third-order valence-corrected chi connectivity index (χ3v) is 6.44. The third-order valence-electron chi connectivity index (χ3n) is 6.44. The molecule has 9 nitrogen and oxygen atoms in total. The number of nitrogens with zero attached hydrogens (tertiary/aromatic N) is 3. The van der Waals surface area contributed by atoms with Crippen LogP contribution in [-0.2, 0) is 16.0 Å². The summed E-state index contributed by atoms with van der Waals surface area (Å²) in [6.45, 7) is 0.430. The van der Waals surface area contributed by atoms with E-state index in [0.717, 1.165) is 5.56 Å². The molecule has 1 aromatic carbocycles. The standard InChI is InChI=1S/C27H24N4O5/c32-23-7-1-4-17-12-20(8-9-22(17)24(23)25(33)18-5-2-10-28-13-18)31-16-21(36-27(31)35)15-30-26(34)19-6-3-11-29-14-19/h2-3,5-6,8-14,21,24H,1,4,7,15-16H2,(H,30,34)/t21-,24?/m0/s1. The predicted molar refractivity (Wildman–Crippen MR) is 130 cm³/mol. The summed E-state index contributed by atoms with van der Waals surface area (Å²) < 4.78 is 5.46. The van der Waals surface area contributed by atoms with Crippen LogP contribution in [0.3, 0.4) is 0 Å². The highest BCUT2D eigenvalue weighted by Gasteiger charge is 2.36. The number of aromatic nitrogens is 2. The zero-order valence-corrected chi connectivity index (χ0v) is 19.4. The van der Waals surface area contributed by atoms with Crippen molar-refractivity contribution >= 4 is 29.3 Å². The molecule has 1 aliphatic carbocycles. The maximum Gasteiger partial charge on any atom is 0.414 e. The molecular weight excluding hydrogens is 460 g/mol. The van der Waals surface area contributed by atoms with Gasteiger partial charge in [0.05, 0.1) is 18.7 Å². The van der Waals surface area contributed by atoms with Crippen molar-refractivity contribution in [3.8, 4) is 0 Å². The Hall–Kier alpha value is -4.40. The summed E-state index contributed by atoms with van der Waals surface area (Å²) >= 11 is 0. The van der Waals surface area contributed by atoms with Gasteiger partial charge in [-0.15, -0.1) is 0 Å². The molecule has 1 aliphatic heterocycles. The molecule has 182 valence electrons. The van der Waals surface area contributed by atoms with Gasteiger partial charge in [-0.2, -0.15) is 0 Å². The summed E-state index contributed by atoms with van der Waals surface area (Å²) in [5.74, 6) is -1.56. The number of aryl methyl sites for hydroxylation is 1. The Kier molecular flexibility index (Phi) is 6.53. The largest absolute Gasteiger partial charge is 0.442 e. The molecule has 1 saturated heterocycles. The number of cyclic esters (lactones) is 1. The summed E-state index contributed by atoms with van der Waals surface area (Å²) in [7, 11) is 0. The SMILES string of the molecule is O=C(NC[C@H]1CN(c2ccc3c(c2)CCCC(=O)C3C(=O)c2cccnc2)C(=O)O1)c1cccnc1. The average molecular weight is 485 g/mol. The van der Waals surface area contributed by atoms with Crippen LogP contribution in [0.4, 0.5) is 10.5 Å².